The van der Waals surface area contributed by atoms with Crippen molar-refractivity contribution < 1.29 is 27.5 Å². The Hall–Kier alpha value is -3.81. The zero-order chi connectivity index (χ0) is 25.0. The quantitative estimate of drug-likeness (QED) is 0.519. The van der Waals surface area contributed by atoms with Crippen LogP contribution in [0.1, 0.15) is 34.3 Å². The van der Waals surface area contributed by atoms with Gasteiger partial charge in [-0.1, -0.05) is 36.4 Å². The maximum absolute atomic E-state index is 13.3. The van der Waals surface area contributed by atoms with E-state index in [9.17, 15) is 22.8 Å². The summed E-state index contributed by atoms with van der Waals surface area (Å²) in [5.74, 6) is 0.158. The van der Waals surface area contributed by atoms with E-state index >= 15 is 0 Å². The van der Waals surface area contributed by atoms with Gasteiger partial charge < -0.3 is 15.0 Å². The summed E-state index contributed by atoms with van der Waals surface area (Å²) in [4.78, 5) is 27.7. The molecule has 4 rings (SSSR count). The molecule has 3 aromatic carbocycles. The van der Waals surface area contributed by atoms with Crippen LogP contribution < -0.4 is 10.1 Å². The molecule has 1 aliphatic heterocycles. The minimum atomic E-state index is -4.41. The second kappa shape index (κ2) is 10.2. The number of nitrogens with zero attached hydrogens (tertiary/aromatic N) is 1. The van der Waals surface area contributed by atoms with Gasteiger partial charge >= 0.3 is 6.18 Å². The van der Waals surface area contributed by atoms with Crippen molar-refractivity contribution in [3.05, 3.63) is 89.5 Å². The van der Waals surface area contributed by atoms with Gasteiger partial charge in [0.1, 0.15) is 11.8 Å². The van der Waals surface area contributed by atoms with Gasteiger partial charge in [0.15, 0.2) is 0 Å². The van der Waals surface area contributed by atoms with Crippen LogP contribution in [0.3, 0.4) is 0 Å². The summed E-state index contributed by atoms with van der Waals surface area (Å²) in [6.45, 7) is 0.543. The molecule has 0 bridgehead atoms. The van der Waals surface area contributed by atoms with Crippen LogP contribution in [-0.4, -0.2) is 36.4 Å². The molecule has 1 saturated heterocycles. The first-order valence-electron chi connectivity index (χ1n) is 11.3. The first-order chi connectivity index (χ1) is 16.8. The number of halogens is 3. The number of carbonyl (C=O) groups is 2. The lowest BCUT2D eigenvalue weighted by Gasteiger charge is -2.24. The monoisotopic (exact) mass is 482 g/mol. The number of hydrogen-bond donors (Lipinski definition) is 1. The zero-order valence-corrected chi connectivity index (χ0v) is 19.1. The van der Waals surface area contributed by atoms with E-state index in [1.807, 2.05) is 30.3 Å². The van der Waals surface area contributed by atoms with E-state index in [4.69, 9.17) is 4.74 Å². The molecular formula is C27H25F3N2O3. The number of rotatable bonds is 6. The Morgan fingerprint density at radius 3 is 2.37 bits per heavy atom. The highest BCUT2D eigenvalue weighted by Gasteiger charge is 2.34. The number of amides is 2. The molecule has 5 nitrogen and oxygen atoms in total. The van der Waals surface area contributed by atoms with Crippen molar-refractivity contribution in [3.63, 3.8) is 0 Å². The molecule has 3 aromatic rings. The molecule has 35 heavy (non-hydrogen) atoms. The number of likely N-dealkylation sites (tertiary alicyclic amines) is 1. The first kappa shape index (κ1) is 24.3. The van der Waals surface area contributed by atoms with Crippen LogP contribution in [0.25, 0.3) is 11.1 Å². The SMILES string of the molecule is COc1cccc(-c2cccc(C(=O)N3CCCC3C(=O)NCc3ccc(C(F)(F)F)cc3)c2)c1. The van der Waals surface area contributed by atoms with Crippen molar-refractivity contribution in [3.8, 4) is 16.9 Å². The van der Waals surface area contributed by atoms with Crippen LogP contribution >= 0.6 is 0 Å². The molecule has 0 aliphatic carbocycles. The van der Waals surface area contributed by atoms with E-state index in [1.165, 1.54) is 12.1 Å². The average Bonchev–Trinajstić information content (AvgIpc) is 3.37. The molecule has 2 amide bonds. The summed E-state index contributed by atoms with van der Waals surface area (Å²) in [6.07, 6.45) is -3.18. The highest BCUT2D eigenvalue weighted by molar-refractivity contribution is 5.98. The minimum absolute atomic E-state index is 0.0842. The number of nitrogens with one attached hydrogen (secondary N) is 1. The van der Waals surface area contributed by atoms with Gasteiger partial charge in [0.2, 0.25) is 5.91 Å². The van der Waals surface area contributed by atoms with Gasteiger partial charge in [0.05, 0.1) is 12.7 Å². The van der Waals surface area contributed by atoms with Crippen molar-refractivity contribution in [1.29, 1.82) is 0 Å². The normalized spacial score (nSPS) is 15.7. The topological polar surface area (TPSA) is 58.6 Å². The molecule has 1 fully saturated rings. The lowest BCUT2D eigenvalue weighted by atomic mass is 10.0. The van der Waals surface area contributed by atoms with Crippen LogP contribution in [0.5, 0.6) is 5.75 Å². The third-order valence-electron chi connectivity index (χ3n) is 6.08. The lowest BCUT2D eigenvalue weighted by molar-refractivity contribution is -0.137. The summed E-state index contributed by atoms with van der Waals surface area (Å²) in [7, 11) is 1.59. The fraction of sp³-hybridized carbons (Fsp3) is 0.259. The van der Waals surface area contributed by atoms with Crippen molar-refractivity contribution in [2.45, 2.75) is 31.6 Å². The molecule has 1 heterocycles. The van der Waals surface area contributed by atoms with Gasteiger partial charge in [0, 0.05) is 18.7 Å². The van der Waals surface area contributed by atoms with E-state index in [0.717, 1.165) is 23.3 Å². The summed E-state index contributed by atoms with van der Waals surface area (Å²) >= 11 is 0. The highest BCUT2D eigenvalue weighted by atomic mass is 19.4. The number of carbonyl (C=O) groups excluding carboxylic acids is 2. The minimum Gasteiger partial charge on any atom is -0.497 e. The largest absolute Gasteiger partial charge is 0.497 e. The molecule has 1 atom stereocenters. The Morgan fingerprint density at radius 1 is 1.00 bits per heavy atom. The highest BCUT2D eigenvalue weighted by Crippen LogP contribution is 2.29. The van der Waals surface area contributed by atoms with Crippen LogP contribution in [0, 0.1) is 0 Å². The molecule has 1 unspecified atom stereocenters. The van der Waals surface area contributed by atoms with Crippen molar-refractivity contribution in [1.82, 2.24) is 10.2 Å². The summed E-state index contributed by atoms with van der Waals surface area (Å²) in [5.41, 5.74) is 2.06. The Bertz CT molecular complexity index is 1210. The van der Waals surface area contributed by atoms with Gasteiger partial charge in [-0.25, -0.2) is 0 Å². The zero-order valence-electron chi connectivity index (χ0n) is 19.1. The van der Waals surface area contributed by atoms with Crippen molar-refractivity contribution in [2.75, 3.05) is 13.7 Å². The Morgan fingerprint density at radius 2 is 1.69 bits per heavy atom. The van der Waals surface area contributed by atoms with Crippen molar-refractivity contribution in [2.24, 2.45) is 0 Å². The Labute approximate surface area is 201 Å². The standard InChI is InChI=1S/C27H25F3N2O3/c1-35-23-8-3-6-20(16-23)19-5-2-7-21(15-19)26(34)32-14-4-9-24(32)25(33)31-17-18-10-12-22(13-11-18)27(28,29)30/h2-3,5-8,10-13,15-16,24H,4,9,14,17H2,1H3,(H,31,33). The average molecular weight is 483 g/mol. The molecule has 1 N–H and O–H groups in total. The van der Waals surface area contributed by atoms with Gasteiger partial charge in [0.25, 0.3) is 5.91 Å². The van der Waals surface area contributed by atoms with Gasteiger partial charge in [-0.15, -0.1) is 0 Å². The van der Waals surface area contributed by atoms with E-state index < -0.39 is 17.8 Å². The summed E-state index contributed by atoms with van der Waals surface area (Å²) in [5, 5.41) is 2.76. The second-order valence-electron chi connectivity index (χ2n) is 8.38. The molecule has 182 valence electrons. The molecule has 1 aliphatic rings. The predicted octanol–water partition coefficient (Wildman–Crippen LogP) is 5.30. The number of benzene rings is 3. The fourth-order valence-corrected chi connectivity index (χ4v) is 4.20. The van der Waals surface area contributed by atoms with E-state index in [-0.39, 0.29) is 18.4 Å². The number of hydrogen-bond acceptors (Lipinski definition) is 3. The molecule has 0 spiro atoms. The van der Waals surface area contributed by atoms with E-state index in [1.54, 1.807) is 30.2 Å². The molecule has 0 saturated carbocycles. The summed E-state index contributed by atoms with van der Waals surface area (Å²) < 4.78 is 43.5. The number of alkyl halides is 3. The molecule has 0 aromatic heterocycles. The third kappa shape index (κ3) is 5.65. The van der Waals surface area contributed by atoms with Gasteiger partial charge in [-0.05, 0) is 65.9 Å². The van der Waals surface area contributed by atoms with Gasteiger partial charge in [-0.2, -0.15) is 13.2 Å². The molecule has 8 heteroatoms. The Kier molecular flexibility index (Phi) is 7.10. The van der Waals surface area contributed by atoms with Crippen LogP contribution in [0.4, 0.5) is 13.2 Å². The van der Waals surface area contributed by atoms with Crippen molar-refractivity contribution >= 4 is 11.8 Å². The molecule has 0 radical (unpaired) electrons. The van der Waals surface area contributed by atoms with Gasteiger partial charge in [-0.3, -0.25) is 9.59 Å². The van der Waals surface area contributed by atoms with E-state index in [2.05, 4.69) is 5.32 Å². The van der Waals surface area contributed by atoms with Crippen LogP contribution in [0.15, 0.2) is 72.8 Å². The van der Waals surface area contributed by atoms with Crippen LogP contribution in [0.2, 0.25) is 0 Å². The first-order valence-corrected chi connectivity index (χ1v) is 11.3. The lowest BCUT2D eigenvalue weighted by Crippen LogP contribution is -2.45. The van der Waals surface area contributed by atoms with E-state index in [0.29, 0.717) is 36.3 Å². The predicted molar refractivity (Wildman–Crippen MR) is 126 cm³/mol. The third-order valence-corrected chi connectivity index (χ3v) is 6.08. The number of ether oxygens (including phenoxy) is 1. The van der Waals surface area contributed by atoms with Crippen LogP contribution in [-0.2, 0) is 17.5 Å². The fourth-order valence-electron chi connectivity index (χ4n) is 4.20. The maximum atomic E-state index is 13.3. The summed E-state index contributed by atoms with van der Waals surface area (Å²) in [6, 6.07) is 18.8. The Balaban J connectivity index is 1.43. The molecular weight excluding hydrogens is 457 g/mol. The maximum Gasteiger partial charge on any atom is 0.416 e. The second-order valence-corrected chi connectivity index (χ2v) is 8.38. The smallest absolute Gasteiger partial charge is 0.416 e. The number of methoxy groups -OCH3 is 1.